The van der Waals surface area contributed by atoms with E-state index in [0.717, 1.165) is 0 Å². The van der Waals surface area contributed by atoms with Crippen LogP contribution in [0.3, 0.4) is 0 Å². The first-order chi connectivity index (χ1) is 7.20. The summed E-state index contributed by atoms with van der Waals surface area (Å²) in [5, 5.41) is 0. The summed E-state index contributed by atoms with van der Waals surface area (Å²) in [6.45, 7) is 12.0. The van der Waals surface area contributed by atoms with Crippen molar-refractivity contribution in [2.75, 3.05) is 0 Å². The fourth-order valence-electron chi connectivity index (χ4n) is 1.66. The van der Waals surface area contributed by atoms with E-state index < -0.39 is 0 Å². The van der Waals surface area contributed by atoms with Gasteiger partial charge in [0.15, 0.2) is 0 Å². The molecule has 0 saturated carbocycles. The summed E-state index contributed by atoms with van der Waals surface area (Å²) >= 11 is 0. The van der Waals surface area contributed by atoms with Crippen molar-refractivity contribution in [2.45, 2.75) is 13.8 Å². The number of rotatable bonds is 4. The molecule has 0 radical (unpaired) electrons. The molecule has 0 atom stereocenters. The van der Waals surface area contributed by atoms with Gasteiger partial charge in [0.1, 0.15) is 0 Å². The molecule has 0 amide bonds. The van der Waals surface area contributed by atoms with Crippen LogP contribution in [0.25, 0.3) is 11.6 Å². The maximum Gasteiger partial charge on any atom is -0.0150 e. The van der Waals surface area contributed by atoms with Crippen LogP contribution in [0.4, 0.5) is 0 Å². The van der Waals surface area contributed by atoms with E-state index in [1.54, 1.807) is 0 Å². The van der Waals surface area contributed by atoms with Gasteiger partial charge in [-0.15, -0.1) is 0 Å². The molecule has 1 rings (SSSR count). The Labute approximate surface area is 92.6 Å². The van der Waals surface area contributed by atoms with E-state index in [1.165, 1.54) is 16.7 Å². The van der Waals surface area contributed by atoms with Crippen LogP contribution < -0.4 is 0 Å². The van der Waals surface area contributed by atoms with Gasteiger partial charge in [0.25, 0.3) is 0 Å². The van der Waals surface area contributed by atoms with Crippen molar-refractivity contribution >= 4 is 11.6 Å². The van der Waals surface area contributed by atoms with Gasteiger partial charge in [0.2, 0.25) is 0 Å². The smallest absolute Gasteiger partial charge is 0.0150 e. The molecule has 1 aromatic rings. The average Bonchev–Trinajstić information content (AvgIpc) is 2.25. The topological polar surface area (TPSA) is 0 Å². The molecular formula is C15H18. The largest absolute Gasteiger partial charge is 0.0991 e. The molecule has 0 heterocycles. The molecule has 78 valence electrons. The molecule has 0 fully saturated rings. The Morgan fingerprint density at radius 3 is 2.40 bits per heavy atom. The maximum atomic E-state index is 3.84. The van der Waals surface area contributed by atoms with Crippen molar-refractivity contribution in [2.24, 2.45) is 5.92 Å². The molecule has 0 unspecified atom stereocenters. The van der Waals surface area contributed by atoms with Crippen LogP contribution in [0.15, 0.2) is 49.6 Å². The first-order valence-corrected chi connectivity index (χ1v) is 5.25. The molecule has 0 N–H and O–H groups in total. The molecule has 0 aliphatic rings. The Balaban J connectivity index is 3.28. The predicted molar refractivity (Wildman–Crippen MR) is 69.5 cm³/mol. The molecule has 15 heavy (non-hydrogen) atoms. The van der Waals surface area contributed by atoms with E-state index in [1.807, 2.05) is 18.2 Å². The van der Waals surface area contributed by atoms with Crippen LogP contribution in [0, 0.1) is 5.92 Å². The van der Waals surface area contributed by atoms with Gasteiger partial charge in [-0.25, -0.2) is 0 Å². The Morgan fingerprint density at radius 2 is 1.87 bits per heavy atom. The molecule has 0 saturated heterocycles. The van der Waals surface area contributed by atoms with Gasteiger partial charge in [-0.3, -0.25) is 0 Å². The van der Waals surface area contributed by atoms with Crippen molar-refractivity contribution in [3.63, 3.8) is 0 Å². The zero-order valence-corrected chi connectivity index (χ0v) is 9.53. The predicted octanol–water partition coefficient (Wildman–Crippen LogP) is 4.56. The summed E-state index contributed by atoms with van der Waals surface area (Å²) in [4.78, 5) is 0. The number of hydrogen-bond acceptors (Lipinski definition) is 0. The van der Waals surface area contributed by atoms with Gasteiger partial charge < -0.3 is 0 Å². The second kappa shape index (κ2) is 5.35. The SMILES string of the molecule is C=C/C=C(\c1ccccc1C=C)C(C)C. The number of benzene rings is 1. The van der Waals surface area contributed by atoms with Crippen molar-refractivity contribution in [1.82, 2.24) is 0 Å². The fourth-order valence-corrected chi connectivity index (χ4v) is 1.66. The van der Waals surface area contributed by atoms with E-state index >= 15 is 0 Å². The van der Waals surface area contributed by atoms with Crippen LogP contribution in [-0.2, 0) is 0 Å². The van der Waals surface area contributed by atoms with Crippen LogP contribution in [-0.4, -0.2) is 0 Å². The highest BCUT2D eigenvalue weighted by atomic mass is 14.1. The molecule has 0 bridgehead atoms. The highest BCUT2D eigenvalue weighted by Crippen LogP contribution is 2.26. The molecule has 0 spiro atoms. The second-order valence-corrected chi connectivity index (χ2v) is 3.80. The first-order valence-electron chi connectivity index (χ1n) is 5.25. The summed E-state index contributed by atoms with van der Waals surface area (Å²) in [6.07, 6.45) is 5.82. The quantitative estimate of drug-likeness (QED) is 0.622. The third-order valence-electron chi connectivity index (χ3n) is 2.41. The van der Waals surface area contributed by atoms with Crippen molar-refractivity contribution in [3.8, 4) is 0 Å². The third-order valence-corrected chi connectivity index (χ3v) is 2.41. The van der Waals surface area contributed by atoms with Gasteiger partial charge in [0, 0.05) is 0 Å². The first kappa shape index (κ1) is 11.5. The number of hydrogen-bond donors (Lipinski definition) is 0. The van der Waals surface area contributed by atoms with E-state index in [-0.39, 0.29) is 0 Å². The molecule has 0 aliphatic heterocycles. The van der Waals surface area contributed by atoms with Crippen molar-refractivity contribution in [3.05, 3.63) is 60.7 Å². The molecular weight excluding hydrogens is 180 g/mol. The number of allylic oxidation sites excluding steroid dienone is 3. The van der Waals surface area contributed by atoms with E-state index in [9.17, 15) is 0 Å². The minimum atomic E-state index is 0.490. The highest BCUT2D eigenvalue weighted by Gasteiger charge is 2.07. The zero-order chi connectivity index (χ0) is 11.3. The zero-order valence-electron chi connectivity index (χ0n) is 9.53. The van der Waals surface area contributed by atoms with Crippen molar-refractivity contribution < 1.29 is 0 Å². The molecule has 0 heteroatoms. The Hall–Kier alpha value is -1.56. The standard InChI is InChI=1S/C15H18/c1-5-9-14(12(3)4)15-11-8-7-10-13(15)6-2/h5-12H,1-2H2,3-4H3/b14-9-. The Bertz CT molecular complexity index is 381. The maximum absolute atomic E-state index is 3.84. The van der Waals surface area contributed by atoms with Gasteiger partial charge in [-0.05, 0) is 22.6 Å². The lowest BCUT2D eigenvalue weighted by Gasteiger charge is -2.13. The summed E-state index contributed by atoms with van der Waals surface area (Å²) < 4.78 is 0. The Morgan fingerprint density at radius 1 is 1.20 bits per heavy atom. The summed E-state index contributed by atoms with van der Waals surface area (Å²) in [7, 11) is 0. The van der Waals surface area contributed by atoms with Gasteiger partial charge in [0.05, 0.1) is 0 Å². The fraction of sp³-hybridized carbons (Fsp3) is 0.200. The lowest BCUT2D eigenvalue weighted by Crippen LogP contribution is -1.95. The van der Waals surface area contributed by atoms with Crippen LogP contribution in [0.5, 0.6) is 0 Å². The molecule has 0 aromatic heterocycles. The highest BCUT2D eigenvalue weighted by molar-refractivity contribution is 5.75. The molecule has 1 aromatic carbocycles. The average molecular weight is 198 g/mol. The summed E-state index contributed by atoms with van der Waals surface area (Å²) in [5.74, 6) is 0.490. The lowest BCUT2D eigenvalue weighted by molar-refractivity contribution is 0.855. The van der Waals surface area contributed by atoms with Crippen LogP contribution in [0.2, 0.25) is 0 Å². The van der Waals surface area contributed by atoms with E-state index in [2.05, 4.69) is 51.3 Å². The summed E-state index contributed by atoms with van der Waals surface area (Å²) in [5.41, 5.74) is 3.74. The van der Waals surface area contributed by atoms with Gasteiger partial charge >= 0.3 is 0 Å². The normalized spacial score (nSPS) is 11.5. The second-order valence-electron chi connectivity index (χ2n) is 3.80. The van der Waals surface area contributed by atoms with Crippen LogP contribution in [0.1, 0.15) is 25.0 Å². The minimum absolute atomic E-state index is 0.490. The minimum Gasteiger partial charge on any atom is -0.0991 e. The third kappa shape index (κ3) is 2.69. The van der Waals surface area contributed by atoms with Gasteiger partial charge in [-0.1, -0.05) is 69.5 Å². The van der Waals surface area contributed by atoms with Gasteiger partial charge in [-0.2, -0.15) is 0 Å². The van der Waals surface area contributed by atoms with E-state index in [0.29, 0.717) is 5.92 Å². The lowest BCUT2D eigenvalue weighted by atomic mass is 9.91. The summed E-state index contributed by atoms with van der Waals surface area (Å²) in [6, 6.07) is 8.31. The van der Waals surface area contributed by atoms with Crippen molar-refractivity contribution in [1.29, 1.82) is 0 Å². The molecule has 0 aliphatic carbocycles. The molecule has 0 nitrogen and oxygen atoms in total. The van der Waals surface area contributed by atoms with Crippen LogP contribution >= 0.6 is 0 Å². The van der Waals surface area contributed by atoms with E-state index in [4.69, 9.17) is 0 Å². The monoisotopic (exact) mass is 198 g/mol. The Kier molecular flexibility index (Phi) is 4.11.